The number of carbonyl (C=O) groups excluding carboxylic acids is 15. The second-order valence-corrected chi connectivity index (χ2v) is 24.4. The molecule has 2 aromatic rings. The van der Waals surface area contributed by atoms with Gasteiger partial charge in [0.25, 0.3) is 0 Å². The first-order chi connectivity index (χ1) is 46.3. The molecule has 3 aliphatic rings. The fourth-order valence-electron chi connectivity index (χ4n) is 11.6. The van der Waals surface area contributed by atoms with Crippen molar-refractivity contribution in [1.29, 1.82) is 0 Å². The molecule has 0 aromatic heterocycles. The van der Waals surface area contributed by atoms with Crippen LogP contribution in [0.1, 0.15) is 116 Å². The van der Waals surface area contributed by atoms with Gasteiger partial charge in [-0.05, 0) is 102 Å². The Morgan fingerprint density at radius 3 is 1.29 bits per heavy atom. The van der Waals surface area contributed by atoms with Gasteiger partial charge in [-0.3, -0.25) is 76.7 Å². The van der Waals surface area contributed by atoms with E-state index in [-0.39, 0.29) is 76.8 Å². The molecule has 0 bridgehead atoms. The number of hydrogen-bond acceptors (Lipinski definition) is 19. The average molecular weight is 1380 g/mol. The lowest BCUT2D eigenvalue weighted by Gasteiger charge is -2.33. The van der Waals surface area contributed by atoms with Gasteiger partial charge in [0, 0.05) is 58.7 Å². The number of phenols is 1. The van der Waals surface area contributed by atoms with Gasteiger partial charge in [-0.25, -0.2) is 0 Å². The SMILES string of the molecule is CC(=O)N[C@H](Cc1ccccc1)C(=O)N[C@H](C(=O)N[C@@H](C)C(=O)N[C@H](C(=O)N[C@@H](CCC(=O)O)C(=O)N1CCC[C@H]1C(=O)N[C@@H](CCC(N)=O)C(=O)N1CCC[C@@H]1C(=O)N[C@@H](Cc1ccc(O)cc1)C(=O)N[C@@H](CCC(N)=O)C(=O)N1CCC[C@H]1C(=O)NCC(N)=O)[C@@H](C)O)[C@@H](C)O. The summed E-state index contributed by atoms with van der Waals surface area (Å²) >= 11 is 0. The van der Waals surface area contributed by atoms with Crippen molar-refractivity contribution in [2.24, 2.45) is 17.2 Å². The minimum Gasteiger partial charge on any atom is -0.508 e. The molecular weight excluding hydrogens is 1290 g/mol. The van der Waals surface area contributed by atoms with Crippen LogP contribution in [0.2, 0.25) is 0 Å². The first kappa shape index (κ1) is 78.4. The summed E-state index contributed by atoms with van der Waals surface area (Å²) in [6.45, 7) is 3.91. The number of aromatic hydroxyl groups is 1. The smallest absolute Gasteiger partial charge is 0.303 e. The molecule has 15 amide bonds. The van der Waals surface area contributed by atoms with Crippen LogP contribution in [-0.2, 0) is 89.6 Å². The Balaban J connectivity index is 1.30. The van der Waals surface area contributed by atoms with E-state index in [0.717, 1.165) is 16.7 Å². The molecule has 0 unspecified atom stereocenters. The molecule has 13 atom stereocenters. The zero-order valence-corrected chi connectivity index (χ0v) is 54.8. The van der Waals surface area contributed by atoms with Crippen LogP contribution in [0.25, 0.3) is 0 Å². The van der Waals surface area contributed by atoms with Crippen molar-refractivity contribution >= 4 is 94.6 Å². The Morgan fingerprint density at radius 1 is 0.459 bits per heavy atom. The molecule has 35 heteroatoms. The number of benzene rings is 2. The van der Waals surface area contributed by atoms with E-state index in [1.165, 1.54) is 49.9 Å². The summed E-state index contributed by atoms with van der Waals surface area (Å²) in [5.74, 6) is -15.1. The van der Waals surface area contributed by atoms with E-state index in [4.69, 9.17) is 17.2 Å². The average Bonchev–Trinajstić information content (AvgIpc) is 1.61. The van der Waals surface area contributed by atoms with E-state index < -0.39 is 212 Å². The lowest BCUT2D eigenvalue weighted by molar-refractivity contribution is -0.145. The van der Waals surface area contributed by atoms with E-state index in [2.05, 4.69) is 47.9 Å². The number of rotatable bonds is 36. The van der Waals surface area contributed by atoms with Gasteiger partial charge in [0.05, 0.1) is 18.8 Å². The van der Waals surface area contributed by atoms with Crippen molar-refractivity contribution in [2.45, 2.75) is 196 Å². The number of nitrogens with zero attached hydrogens (tertiary/aromatic N) is 3. The largest absolute Gasteiger partial charge is 0.508 e. The predicted octanol–water partition coefficient (Wildman–Crippen LogP) is -6.17. The van der Waals surface area contributed by atoms with Crippen molar-refractivity contribution in [2.75, 3.05) is 26.2 Å². The predicted molar refractivity (Wildman–Crippen MR) is 342 cm³/mol. The molecule has 3 heterocycles. The summed E-state index contributed by atoms with van der Waals surface area (Å²) in [5, 5.41) is 63.1. The molecule has 2 aromatic carbocycles. The van der Waals surface area contributed by atoms with Crippen molar-refractivity contribution in [3.63, 3.8) is 0 Å². The number of nitrogens with two attached hydrogens (primary N) is 3. The lowest BCUT2D eigenvalue weighted by Crippen LogP contribution is -2.62. The van der Waals surface area contributed by atoms with Crippen molar-refractivity contribution < 1.29 is 97.1 Å². The number of likely N-dealkylation sites (tertiary alicyclic amines) is 3. The van der Waals surface area contributed by atoms with Gasteiger partial charge in [-0.2, -0.15) is 0 Å². The first-order valence-electron chi connectivity index (χ1n) is 32.1. The quantitative estimate of drug-likeness (QED) is 0.0302. The highest BCUT2D eigenvalue weighted by Gasteiger charge is 2.45. The van der Waals surface area contributed by atoms with Gasteiger partial charge in [-0.15, -0.1) is 0 Å². The Kier molecular flexibility index (Phi) is 29.8. The van der Waals surface area contributed by atoms with Crippen LogP contribution in [-0.4, -0.2) is 235 Å². The molecule has 3 fully saturated rings. The minimum atomic E-state index is -1.89. The van der Waals surface area contributed by atoms with Gasteiger partial charge in [0.15, 0.2) is 0 Å². The number of aliphatic carboxylic acids is 1. The van der Waals surface area contributed by atoms with Gasteiger partial charge in [-0.1, -0.05) is 42.5 Å². The molecule has 0 saturated carbocycles. The second-order valence-electron chi connectivity index (χ2n) is 24.4. The van der Waals surface area contributed by atoms with Gasteiger partial charge >= 0.3 is 5.97 Å². The summed E-state index contributed by atoms with van der Waals surface area (Å²) in [6.07, 6.45) is -5.70. The third-order valence-electron chi connectivity index (χ3n) is 16.7. The van der Waals surface area contributed by atoms with Crippen molar-refractivity contribution in [1.82, 2.24) is 62.6 Å². The third-order valence-corrected chi connectivity index (χ3v) is 16.7. The van der Waals surface area contributed by atoms with E-state index in [1.807, 2.05) is 0 Å². The maximum atomic E-state index is 14.7. The van der Waals surface area contributed by atoms with Crippen molar-refractivity contribution in [3.05, 3.63) is 65.7 Å². The molecule has 3 aliphatic heterocycles. The molecule has 0 aliphatic carbocycles. The minimum absolute atomic E-state index is 0.00385. The fourth-order valence-corrected chi connectivity index (χ4v) is 11.6. The zero-order valence-electron chi connectivity index (χ0n) is 54.8. The van der Waals surface area contributed by atoms with E-state index in [1.54, 1.807) is 30.3 Å². The number of primary amides is 3. The molecule has 3 saturated heterocycles. The third kappa shape index (κ3) is 23.5. The highest BCUT2D eigenvalue weighted by Crippen LogP contribution is 2.25. The number of carboxylic acid groups (broad SMARTS) is 1. The van der Waals surface area contributed by atoms with Crippen LogP contribution in [0.15, 0.2) is 54.6 Å². The normalized spacial score (nSPS) is 18.8. The monoisotopic (exact) mass is 1380 g/mol. The Morgan fingerprint density at radius 2 is 0.847 bits per heavy atom. The van der Waals surface area contributed by atoms with Crippen LogP contribution in [0.5, 0.6) is 5.75 Å². The molecule has 0 radical (unpaired) electrons. The van der Waals surface area contributed by atoms with Crippen LogP contribution in [0, 0.1) is 0 Å². The number of carbonyl (C=O) groups is 16. The molecular formula is C63H89N15O20. The topological polar surface area (TPSA) is 550 Å². The van der Waals surface area contributed by atoms with Crippen LogP contribution in [0.3, 0.4) is 0 Å². The summed E-state index contributed by atoms with van der Waals surface area (Å²) in [5.41, 5.74) is 17.2. The number of phenolic OH excluding ortho intramolecular Hbond substituents is 1. The summed E-state index contributed by atoms with van der Waals surface area (Å²) in [6, 6.07) is -2.43. The molecule has 0 spiro atoms. The fraction of sp³-hybridized carbons (Fsp3) is 0.556. The highest BCUT2D eigenvalue weighted by atomic mass is 16.4. The Bertz CT molecular complexity index is 3260. The lowest BCUT2D eigenvalue weighted by atomic mass is 10.0. The molecule has 35 nitrogen and oxygen atoms in total. The molecule has 19 N–H and O–H groups in total. The van der Waals surface area contributed by atoms with Crippen LogP contribution < -0.4 is 65.1 Å². The number of hydrogen-bond donors (Lipinski definition) is 16. The van der Waals surface area contributed by atoms with Gasteiger partial charge in [0.1, 0.15) is 72.2 Å². The maximum absolute atomic E-state index is 14.7. The van der Waals surface area contributed by atoms with E-state index >= 15 is 0 Å². The van der Waals surface area contributed by atoms with Crippen LogP contribution in [0.4, 0.5) is 0 Å². The molecule has 536 valence electrons. The van der Waals surface area contributed by atoms with Gasteiger partial charge in [0.2, 0.25) is 88.6 Å². The Labute approximate surface area is 563 Å². The maximum Gasteiger partial charge on any atom is 0.303 e. The summed E-state index contributed by atoms with van der Waals surface area (Å²) in [4.78, 5) is 218. The number of nitrogens with one attached hydrogen (secondary N) is 9. The second kappa shape index (κ2) is 37.3. The molecule has 5 rings (SSSR count). The van der Waals surface area contributed by atoms with Gasteiger partial charge < -0.3 is 100 Å². The standard InChI is InChI=1S/C63H89N15O20/c1-32(68-59(94)51(33(2)79)75-55(90)42(69-35(4)81)29-36-11-6-5-7-12-36)53(88)74-52(34(3)80)60(95)72-41(22-25-50(86)87)63(98)77-27-9-14-45(77)57(92)71-40(21-24-48(65)84)62(97)78-28-10-15-46(78)58(93)73-43(30-37-16-18-38(82)19-17-37)54(89)70-39(20-23-47(64)83)61(96)76-26-8-13-44(76)56(91)67-31-49(66)85/h5-7,11-12,16-19,32-34,39-46,51-52,79-80,82H,8-10,13-15,20-31H2,1-4H3,(H2,64,83)(H2,65,84)(H2,66,85)(H,67,91)(H,68,94)(H,69,81)(H,70,89)(H,71,92)(H,72,95)(H,73,93)(H,74,88)(H,75,90)(H,86,87)/t32-,33+,34+,39-,40-,41-,42+,43-,44-,45-,46+,51-,52-/m0/s1. The number of aliphatic hydroxyl groups is 2. The number of aliphatic hydroxyl groups excluding tert-OH is 2. The first-order valence-corrected chi connectivity index (χ1v) is 32.1. The van der Waals surface area contributed by atoms with Crippen LogP contribution >= 0.6 is 0 Å². The summed E-state index contributed by atoms with van der Waals surface area (Å²) < 4.78 is 0. The number of carboxylic acids is 1. The van der Waals surface area contributed by atoms with E-state index in [0.29, 0.717) is 17.5 Å². The number of amides is 15. The highest BCUT2D eigenvalue weighted by molar-refractivity contribution is 6.00. The van der Waals surface area contributed by atoms with Crippen molar-refractivity contribution in [3.8, 4) is 5.75 Å². The van der Waals surface area contributed by atoms with E-state index in [9.17, 15) is 97.1 Å². The summed E-state index contributed by atoms with van der Waals surface area (Å²) in [7, 11) is 0. The molecule has 98 heavy (non-hydrogen) atoms. The Hall–Kier alpha value is -10.3. The zero-order chi connectivity index (χ0) is 72.7.